The van der Waals surface area contributed by atoms with E-state index in [1.54, 1.807) is 26.4 Å². The van der Waals surface area contributed by atoms with E-state index in [1.807, 2.05) is 0 Å². The number of aromatic nitrogens is 2. The maximum absolute atomic E-state index is 11.9. The topological polar surface area (TPSA) is 93.0 Å². The maximum Gasteiger partial charge on any atom is 0.194 e. The second-order valence-corrected chi connectivity index (χ2v) is 4.55. The van der Waals surface area contributed by atoms with Crippen LogP contribution in [0.4, 0.5) is 0 Å². The number of nitrogens with one attached hydrogen (secondary N) is 2. The molecule has 0 saturated heterocycles. The lowest BCUT2D eigenvalue weighted by molar-refractivity contribution is -0.141. The Balaban J connectivity index is 2.64. The number of nitrogens with two attached hydrogens (primary N) is 1. The van der Waals surface area contributed by atoms with Gasteiger partial charge in [0, 0.05) is 43.6 Å². The molecule has 0 saturated carbocycles. The van der Waals surface area contributed by atoms with Crippen LogP contribution < -0.4 is 11.1 Å². The van der Waals surface area contributed by atoms with Crippen molar-refractivity contribution in [2.24, 2.45) is 5.73 Å². The van der Waals surface area contributed by atoms with Gasteiger partial charge in [-0.15, -0.1) is 0 Å². The molecular weight excluding hydrogens is 244 g/mol. The second-order valence-electron chi connectivity index (χ2n) is 4.55. The van der Waals surface area contributed by atoms with Gasteiger partial charge in [-0.3, -0.25) is 4.79 Å². The van der Waals surface area contributed by atoms with Crippen molar-refractivity contribution in [2.45, 2.75) is 38.5 Å². The number of carbonyl (C=O) groups excluding carboxylic acids is 1. The molecule has 0 aromatic carbocycles. The van der Waals surface area contributed by atoms with E-state index in [9.17, 15) is 4.79 Å². The van der Waals surface area contributed by atoms with Crippen LogP contribution in [-0.2, 0) is 16.0 Å². The average Bonchev–Trinajstić information content (AvgIpc) is 2.90. The molecule has 2 atom stereocenters. The standard InChI is InChI=1S/C13H22N4O2/c1-5-12(18)13(3,19-4)17-9(2)11(14)6-10-7-15-8-16-10/h7-8,11,17H,2,5-6,14H2,1,3-4H3,(H,15,16)/t11-,13?/m0/s1. The molecule has 1 heterocycles. The quantitative estimate of drug-likeness (QED) is 0.603. The number of ketones is 1. The molecular formula is C13H22N4O2. The highest BCUT2D eigenvalue weighted by Gasteiger charge is 2.32. The van der Waals surface area contributed by atoms with Gasteiger partial charge >= 0.3 is 0 Å². The molecule has 6 heteroatoms. The second kappa shape index (κ2) is 6.49. The lowest BCUT2D eigenvalue weighted by Gasteiger charge is -2.31. The van der Waals surface area contributed by atoms with Crippen molar-refractivity contribution in [1.29, 1.82) is 0 Å². The van der Waals surface area contributed by atoms with Gasteiger partial charge in [-0.2, -0.15) is 0 Å². The Morgan fingerprint density at radius 1 is 1.74 bits per heavy atom. The number of imidazole rings is 1. The Morgan fingerprint density at radius 2 is 2.42 bits per heavy atom. The molecule has 0 fully saturated rings. The fourth-order valence-electron chi connectivity index (χ4n) is 1.73. The van der Waals surface area contributed by atoms with Gasteiger partial charge in [0.15, 0.2) is 11.5 Å². The molecule has 0 radical (unpaired) electrons. The predicted octanol–water partition coefficient (Wildman–Crippen LogP) is 0.725. The lowest BCUT2D eigenvalue weighted by atomic mass is 10.0. The zero-order valence-electron chi connectivity index (χ0n) is 11.7. The Morgan fingerprint density at radius 3 is 2.89 bits per heavy atom. The SMILES string of the molecule is C=C(NC(C)(OC)C(=O)CC)[C@@H](N)Cc1cnc[nH]1. The van der Waals surface area contributed by atoms with Crippen LogP contribution >= 0.6 is 0 Å². The van der Waals surface area contributed by atoms with Gasteiger partial charge in [-0.1, -0.05) is 13.5 Å². The molecule has 1 rings (SSSR count). The van der Waals surface area contributed by atoms with E-state index >= 15 is 0 Å². The summed E-state index contributed by atoms with van der Waals surface area (Å²) in [6.07, 6.45) is 4.24. The summed E-state index contributed by atoms with van der Waals surface area (Å²) in [7, 11) is 1.48. The number of hydrogen-bond acceptors (Lipinski definition) is 5. The highest BCUT2D eigenvalue weighted by atomic mass is 16.5. The zero-order chi connectivity index (χ0) is 14.5. The molecule has 0 aliphatic rings. The first kappa shape index (κ1) is 15.4. The molecule has 0 amide bonds. The minimum absolute atomic E-state index is 0.0510. The fourth-order valence-corrected chi connectivity index (χ4v) is 1.73. The molecule has 19 heavy (non-hydrogen) atoms. The summed E-state index contributed by atoms with van der Waals surface area (Å²) in [6, 6.07) is -0.334. The Labute approximate surface area is 113 Å². The molecule has 0 aliphatic carbocycles. The summed E-state index contributed by atoms with van der Waals surface area (Å²) in [5, 5.41) is 2.98. The summed E-state index contributed by atoms with van der Waals surface area (Å²) >= 11 is 0. The normalized spacial score (nSPS) is 15.6. The first-order valence-electron chi connectivity index (χ1n) is 6.21. The number of H-pyrrole nitrogens is 1. The molecule has 0 spiro atoms. The Bertz CT molecular complexity index is 430. The zero-order valence-corrected chi connectivity index (χ0v) is 11.7. The molecule has 106 valence electrons. The lowest BCUT2D eigenvalue weighted by Crippen LogP contribution is -2.53. The number of ether oxygens (including phenoxy) is 1. The molecule has 0 aliphatic heterocycles. The van der Waals surface area contributed by atoms with Crippen LogP contribution in [0.3, 0.4) is 0 Å². The molecule has 1 aromatic heterocycles. The molecule has 1 aromatic rings. The van der Waals surface area contributed by atoms with Crippen molar-refractivity contribution >= 4 is 5.78 Å². The van der Waals surface area contributed by atoms with E-state index < -0.39 is 5.72 Å². The number of methoxy groups -OCH3 is 1. The van der Waals surface area contributed by atoms with Crippen molar-refractivity contribution in [3.05, 3.63) is 30.5 Å². The highest BCUT2D eigenvalue weighted by Crippen LogP contribution is 2.13. The summed E-state index contributed by atoms with van der Waals surface area (Å²) in [5.74, 6) is -0.0510. The van der Waals surface area contributed by atoms with Crippen molar-refractivity contribution in [2.75, 3.05) is 7.11 Å². The van der Waals surface area contributed by atoms with Crippen LogP contribution in [0.1, 0.15) is 26.0 Å². The van der Waals surface area contributed by atoms with Crippen molar-refractivity contribution in [3.63, 3.8) is 0 Å². The molecule has 1 unspecified atom stereocenters. The van der Waals surface area contributed by atoms with Gasteiger partial charge in [0.2, 0.25) is 0 Å². The van der Waals surface area contributed by atoms with Gasteiger partial charge in [0.05, 0.1) is 6.33 Å². The fraction of sp³-hybridized carbons (Fsp3) is 0.538. The summed E-state index contributed by atoms with van der Waals surface area (Å²) in [4.78, 5) is 18.8. The third-order valence-electron chi connectivity index (χ3n) is 3.10. The van der Waals surface area contributed by atoms with E-state index in [1.165, 1.54) is 7.11 Å². The van der Waals surface area contributed by atoms with Gasteiger partial charge in [0.1, 0.15) is 0 Å². The number of nitrogens with zero attached hydrogens (tertiary/aromatic N) is 1. The van der Waals surface area contributed by atoms with Gasteiger partial charge in [0.25, 0.3) is 0 Å². The Kier molecular flexibility index (Phi) is 5.26. The third-order valence-corrected chi connectivity index (χ3v) is 3.10. The minimum Gasteiger partial charge on any atom is -0.354 e. The largest absolute Gasteiger partial charge is 0.354 e. The number of aromatic amines is 1. The average molecular weight is 266 g/mol. The van der Waals surface area contributed by atoms with Crippen molar-refractivity contribution in [1.82, 2.24) is 15.3 Å². The smallest absolute Gasteiger partial charge is 0.194 e. The van der Waals surface area contributed by atoms with E-state index in [2.05, 4.69) is 21.9 Å². The molecule has 0 bridgehead atoms. The Hall–Kier alpha value is -1.66. The number of Topliss-reactive ketones (excluding diaryl/α,β-unsaturated/α-hetero) is 1. The van der Waals surface area contributed by atoms with Crippen LogP contribution in [0.15, 0.2) is 24.8 Å². The first-order chi connectivity index (χ1) is 8.92. The van der Waals surface area contributed by atoms with Crippen LogP contribution in [0.5, 0.6) is 0 Å². The van der Waals surface area contributed by atoms with Crippen LogP contribution in [0.2, 0.25) is 0 Å². The first-order valence-corrected chi connectivity index (χ1v) is 6.21. The van der Waals surface area contributed by atoms with Gasteiger partial charge in [-0.05, 0) is 6.92 Å². The van der Waals surface area contributed by atoms with Crippen LogP contribution in [-0.4, -0.2) is 34.6 Å². The summed E-state index contributed by atoms with van der Waals surface area (Å²) < 4.78 is 5.25. The van der Waals surface area contributed by atoms with E-state index in [-0.39, 0.29) is 11.8 Å². The van der Waals surface area contributed by atoms with Gasteiger partial charge in [-0.25, -0.2) is 4.98 Å². The van der Waals surface area contributed by atoms with Crippen molar-refractivity contribution in [3.8, 4) is 0 Å². The van der Waals surface area contributed by atoms with Crippen molar-refractivity contribution < 1.29 is 9.53 Å². The summed E-state index contributed by atoms with van der Waals surface area (Å²) in [5.41, 5.74) is 6.42. The number of rotatable bonds is 8. The van der Waals surface area contributed by atoms with Crippen LogP contribution in [0.25, 0.3) is 0 Å². The highest BCUT2D eigenvalue weighted by molar-refractivity contribution is 5.86. The van der Waals surface area contributed by atoms with Crippen LogP contribution in [0, 0.1) is 0 Å². The predicted molar refractivity (Wildman–Crippen MR) is 73.3 cm³/mol. The van der Waals surface area contributed by atoms with E-state index in [4.69, 9.17) is 10.5 Å². The monoisotopic (exact) mass is 266 g/mol. The number of hydrogen-bond donors (Lipinski definition) is 3. The van der Waals surface area contributed by atoms with E-state index in [0.717, 1.165) is 5.69 Å². The molecule has 4 N–H and O–H groups in total. The molecule has 6 nitrogen and oxygen atoms in total. The summed E-state index contributed by atoms with van der Waals surface area (Å²) in [6.45, 7) is 7.34. The van der Waals surface area contributed by atoms with E-state index in [0.29, 0.717) is 18.5 Å². The minimum atomic E-state index is -1.09. The third kappa shape index (κ3) is 3.90. The number of carbonyl (C=O) groups is 1. The van der Waals surface area contributed by atoms with Gasteiger partial charge < -0.3 is 20.8 Å². The maximum atomic E-state index is 11.9.